The maximum absolute atomic E-state index is 5.67. The van der Waals surface area contributed by atoms with E-state index in [1.165, 1.54) is 12.0 Å². The molecule has 0 spiro atoms. The summed E-state index contributed by atoms with van der Waals surface area (Å²) in [6, 6.07) is 14.2. The first-order valence-electron chi connectivity index (χ1n) is 7.42. The van der Waals surface area contributed by atoms with Gasteiger partial charge >= 0.3 is 0 Å². The molecule has 0 aliphatic carbocycles. The number of benzene rings is 2. The topological polar surface area (TPSA) is 44.5 Å². The maximum Gasteiger partial charge on any atom is 0.181 e. The van der Waals surface area contributed by atoms with Crippen molar-refractivity contribution in [2.75, 3.05) is 14.2 Å². The molecule has 1 aromatic heterocycles. The first-order chi connectivity index (χ1) is 11.2. The summed E-state index contributed by atoms with van der Waals surface area (Å²) in [7, 11) is 3.26. The Morgan fingerprint density at radius 2 is 1.83 bits per heavy atom. The van der Waals surface area contributed by atoms with E-state index in [0.717, 1.165) is 16.8 Å². The minimum atomic E-state index is 0.657. The SMILES string of the molecule is COc1cc(C)cc(-c2ocnc2Cc2ccccc2)c1OC. The van der Waals surface area contributed by atoms with E-state index in [1.54, 1.807) is 14.2 Å². The highest BCUT2D eigenvalue weighted by atomic mass is 16.5. The third-order valence-electron chi connectivity index (χ3n) is 3.72. The maximum atomic E-state index is 5.67. The first kappa shape index (κ1) is 15.2. The van der Waals surface area contributed by atoms with Crippen LogP contribution in [0.4, 0.5) is 0 Å². The molecule has 2 aromatic carbocycles. The second kappa shape index (κ2) is 6.57. The van der Waals surface area contributed by atoms with Crippen molar-refractivity contribution in [2.24, 2.45) is 0 Å². The largest absolute Gasteiger partial charge is 0.493 e. The van der Waals surface area contributed by atoms with E-state index in [1.807, 2.05) is 37.3 Å². The van der Waals surface area contributed by atoms with Crippen LogP contribution in [-0.2, 0) is 6.42 Å². The van der Waals surface area contributed by atoms with Crippen molar-refractivity contribution in [2.45, 2.75) is 13.3 Å². The number of hydrogen-bond acceptors (Lipinski definition) is 4. The van der Waals surface area contributed by atoms with Gasteiger partial charge in [-0.3, -0.25) is 0 Å². The molecule has 3 aromatic rings. The number of oxazole rings is 1. The third kappa shape index (κ3) is 3.06. The predicted molar refractivity (Wildman–Crippen MR) is 89.0 cm³/mol. The fourth-order valence-electron chi connectivity index (χ4n) is 2.67. The Hall–Kier alpha value is -2.75. The van der Waals surface area contributed by atoms with Gasteiger partial charge in [-0.1, -0.05) is 30.3 Å². The molecule has 0 radical (unpaired) electrons. The molecular weight excluding hydrogens is 290 g/mol. The Balaban J connectivity index is 2.07. The lowest BCUT2D eigenvalue weighted by atomic mass is 10.0. The van der Waals surface area contributed by atoms with Crippen molar-refractivity contribution < 1.29 is 13.9 Å². The average molecular weight is 309 g/mol. The smallest absolute Gasteiger partial charge is 0.181 e. The summed E-state index contributed by atoms with van der Waals surface area (Å²) in [5, 5.41) is 0. The van der Waals surface area contributed by atoms with E-state index < -0.39 is 0 Å². The van der Waals surface area contributed by atoms with Crippen molar-refractivity contribution in [3.05, 3.63) is 65.7 Å². The monoisotopic (exact) mass is 309 g/mol. The molecule has 118 valence electrons. The van der Waals surface area contributed by atoms with Gasteiger partial charge in [0.1, 0.15) is 0 Å². The second-order valence-electron chi connectivity index (χ2n) is 5.34. The van der Waals surface area contributed by atoms with Crippen molar-refractivity contribution in [1.82, 2.24) is 4.98 Å². The average Bonchev–Trinajstić information content (AvgIpc) is 3.02. The molecule has 0 amide bonds. The van der Waals surface area contributed by atoms with Gasteiger partial charge in [0.25, 0.3) is 0 Å². The molecule has 3 rings (SSSR count). The molecule has 0 saturated carbocycles. The number of nitrogens with zero attached hydrogens (tertiary/aromatic N) is 1. The molecule has 0 bridgehead atoms. The lowest BCUT2D eigenvalue weighted by molar-refractivity contribution is 0.355. The normalized spacial score (nSPS) is 10.6. The molecule has 0 fully saturated rings. The molecule has 0 atom stereocenters. The molecule has 0 saturated heterocycles. The van der Waals surface area contributed by atoms with Crippen LogP contribution < -0.4 is 9.47 Å². The van der Waals surface area contributed by atoms with Gasteiger partial charge in [0.05, 0.1) is 25.5 Å². The molecule has 0 N–H and O–H groups in total. The zero-order valence-corrected chi connectivity index (χ0v) is 13.5. The van der Waals surface area contributed by atoms with Crippen molar-refractivity contribution in [3.63, 3.8) is 0 Å². The summed E-state index contributed by atoms with van der Waals surface area (Å²) in [6.45, 7) is 2.01. The minimum Gasteiger partial charge on any atom is -0.493 e. The van der Waals surface area contributed by atoms with Crippen LogP contribution in [0, 0.1) is 6.92 Å². The van der Waals surface area contributed by atoms with Crippen LogP contribution in [0.15, 0.2) is 53.3 Å². The molecule has 23 heavy (non-hydrogen) atoms. The van der Waals surface area contributed by atoms with E-state index in [-0.39, 0.29) is 0 Å². The van der Waals surface area contributed by atoms with Gasteiger partial charge in [0, 0.05) is 6.42 Å². The van der Waals surface area contributed by atoms with Crippen LogP contribution in [0.3, 0.4) is 0 Å². The zero-order valence-electron chi connectivity index (χ0n) is 13.5. The van der Waals surface area contributed by atoms with Crippen LogP contribution in [0.2, 0.25) is 0 Å². The highest BCUT2D eigenvalue weighted by Gasteiger charge is 2.19. The molecule has 4 nitrogen and oxygen atoms in total. The predicted octanol–water partition coefficient (Wildman–Crippen LogP) is 4.26. The van der Waals surface area contributed by atoms with Crippen molar-refractivity contribution in [3.8, 4) is 22.8 Å². The number of methoxy groups -OCH3 is 2. The first-order valence-corrected chi connectivity index (χ1v) is 7.42. The van der Waals surface area contributed by atoms with E-state index >= 15 is 0 Å². The quantitative estimate of drug-likeness (QED) is 0.706. The Morgan fingerprint density at radius 1 is 1.04 bits per heavy atom. The number of ether oxygens (including phenoxy) is 2. The Labute approximate surface area is 135 Å². The van der Waals surface area contributed by atoms with E-state index in [9.17, 15) is 0 Å². The highest BCUT2D eigenvalue weighted by molar-refractivity contribution is 5.72. The Kier molecular flexibility index (Phi) is 4.33. The minimum absolute atomic E-state index is 0.657. The number of aromatic nitrogens is 1. The lowest BCUT2D eigenvalue weighted by Crippen LogP contribution is -1.97. The lowest BCUT2D eigenvalue weighted by Gasteiger charge is -2.13. The fraction of sp³-hybridized carbons (Fsp3) is 0.211. The third-order valence-corrected chi connectivity index (χ3v) is 3.72. The highest BCUT2D eigenvalue weighted by Crippen LogP contribution is 2.40. The van der Waals surface area contributed by atoms with E-state index in [4.69, 9.17) is 13.9 Å². The summed E-state index contributed by atoms with van der Waals surface area (Å²) < 4.78 is 16.6. The van der Waals surface area contributed by atoms with Gasteiger partial charge in [0.15, 0.2) is 23.7 Å². The van der Waals surface area contributed by atoms with Crippen LogP contribution in [0.5, 0.6) is 11.5 Å². The van der Waals surface area contributed by atoms with Crippen LogP contribution >= 0.6 is 0 Å². The molecular formula is C19H19NO3. The molecule has 0 aliphatic heterocycles. The zero-order chi connectivity index (χ0) is 16.2. The van der Waals surface area contributed by atoms with Gasteiger partial charge < -0.3 is 13.9 Å². The van der Waals surface area contributed by atoms with Gasteiger partial charge in [-0.15, -0.1) is 0 Å². The van der Waals surface area contributed by atoms with Gasteiger partial charge in [-0.25, -0.2) is 4.98 Å². The van der Waals surface area contributed by atoms with Crippen molar-refractivity contribution >= 4 is 0 Å². The van der Waals surface area contributed by atoms with Gasteiger partial charge in [-0.2, -0.15) is 0 Å². The summed E-state index contributed by atoms with van der Waals surface area (Å²) in [6.07, 6.45) is 2.17. The fourth-order valence-corrected chi connectivity index (χ4v) is 2.67. The summed E-state index contributed by atoms with van der Waals surface area (Å²) in [5.74, 6) is 2.06. The van der Waals surface area contributed by atoms with Gasteiger partial charge in [0.2, 0.25) is 0 Å². The Bertz CT molecular complexity index is 794. The second-order valence-corrected chi connectivity index (χ2v) is 5.34. The van der Waals surface area contributed by atoms with Crippen LogP contribution in [-0.4, -0.2) is 19.2 Å². The standard InChI is InChI=1S/C19H19NO3/c1-13-9-15(19(22-3)17(10-13)21-2)18-16(20-12-23-18)11-14-7-5-4-6-8-14/h4-10,12H,11H2,1-3H3. The Morgan fingerprint density at radius 3 is 2.52 bits per heavy atom. The number of aryl methyl sites for hydroxylation is 1. The van der Waals surface area contributed by atoms with E-state index in [0.29, 0.717) is 23.7 Å². The van der Waals surface area contributed by atoms with Crippen LogP contribution in [0.25, 0.3) is 11.3 Å². The summed E-state index contributed by atoms with van der Waals surface area (Å²) in [5.41, 5.74) is 3.98. The molecule has 0 unspecified atom stereocenters. The molecule has 4 heteroatoms. The number of rotatable bonds is 5. The van der Waals surface area contributed by atoms with Crippen molar-refractivity contribution in [1.29, 1.82) is 0 Å². The molecule has 1 heterocycles. The van der Waals surface area contributed by atoms with Gasteiger partial charge in [-0.05, 0) is 30.2 Å². The van der Waals surface area contributed by atoms with Crippen LogP contribution in [0.1, 0.15) is 16.8 Å². The summed E-state index contributed by atoms with van der Waals surface area (Å²) >= 11 is 0. The van der Waals surface area contributed by atoms with E-state index in [2.05, 4.69) is 17.1 Å². The summed E-state index contributed by atoms with van der Waals surface area (Å²) in [4.78, 5) is 4.39. The molecule has 0 aliphatic rings. The number of hydrogen-bond donors (Lipinski definition) is 0.